The molecule has 1 aromatic carbocycles. The summed E-state index contributed by atoms with van der Waals surface area (Å²) in [5, 5.41) is 0. The second-order valence-corrected chi connectivity index (χ2v) is 7.23. The minimum Gasteiger partial charge on any atom is -0.493 e. The first-order chi connectivity index (χ1) is 9.79. The first-order valence-electron chi connectivity index (χ1n) is 6.96. The van der Waals surface area contributed by atoms with Crippen molar-refractivity contribution in [3.05, 3.63) is 23.8 Å². The van der Waals surface area contributed by atoms with Crippen molar-refractivity contribution in [1.29, 1.82) is 0 Å². The molecule has 0 unspecified atom stereocenters. The molecule has 0 radical (unpaired) electrons. The van der Waals surface area contributed by atoms with Crippen molar-refractivity contribution >= 4 is 7.60 Å². The fraction of sp³-hybridized carbons (Fsp3) is 0.600. The third-order valence-electron chi connectivity index (χ3n) is 2.57. The lowest BCUT2D eigenvalue weighted by Gasteiger charge is -2.23. The largest absolute Gasteiger partial charge is 0.493 e. The molecule has 0 aliphatic carbocycles. The minimum absolute atomic E-state index is 0.172. The molecular formula is C15H25O5P. The predicted molar refractivity (Wildman–Crippen MR) is 83.3 cm³/mol. The van der Waals surface area contributed by atoms with Crippen LogP contribution in [0.5, 0.6) is 11.5 Å². The van der Waals surface area contributed by atoms with Gasteiger partial charge in [0.25, 0.3) is 0 Å². The molecule has 5 nitrogen and oxygen atoms in total. The summed E-state index contributed by atoms with van der Waals surface area (Å²) in [7, 11) is -0.0623. The summed E-state index contributed by atoms with van der Waals surface area (Å²) in [6.07, 6.45) is -0.145. The van der Waals surface area contributed by atoms with Crippen LogP contribution in [0.15, 0.2) is 18.2 Å². The van der Waals surface area contributed by atoms with Crippen LogP contribution < -0.4 is 9.47 Å². The molecule has 1 rings (SSSR count). The van der Waals surface area contributed by atoms with Gasteiger partial charge in [0.05, 0.1) is 32.6 Å². The summed E-state index contributed by atoms with van der Waals surface area (Å²) in [5.41, 5.74) is 0.817. The summed E-state index contributed by atoms with van der Waals surface area (Å²) in [6.45, 7) is 7.35. The third-order valence-corrected chi connectivity index (χ3v) is 4.81. The Labute approximate surface area is 127 Å². The minimum atomic E-state index is -3.20. The molecule has 0 amide bonds. The Bertz CT molecular complexity index is 485. The lowest BCUT2D eigenvalue weighted by Crippen LogP contribution is -2.09. The van der Waals surface area contributed by atoms with E-state index in [9.17, 15) is 4.57 Å². The second kappa shape index (κ2) is 7.83. The lowest BCUT2D eigenvalue weighted by molar-refractivity contribution is 0.141. The van der Waals surface area contributed by atoms with E-state index in [1.165, 1.54) is 0 Å². The SMILES string of the molecule is COc1ccc(CP(=O)(OC(C)C)OC(C)C)cc1OC. The molecule has 1 aromatic rings. The number of hydrogen-bond donors (Lipinski definition) is 0. The van der Waals surface area contributed by atoms with Gasteiger partial charge in [-0.1, -0.05) is 6.07 Å². The van der Waals surface area contributed by atoms with Gasteiger partial charge >= 0.3 is 7.60 Å². The van der Waals surface area contributed by atoms with Gasteiger partial charge in [0.15, 0.2) is 11.5 Å². The topological polar surface area (TPSA) is 54.0 Å². The van der Waals surface area contributed by atoms with Crippen LogP contribution in [0.3, 0.4) is 0 Å². The van der Waals surface area contributed by atoms with E-state index in [1.807, 2.05) is 33.8 Å². The average molecular weight is 316 g/mol. The molecule has 0 aromatic heterocycles. The molecule has 0 aliphatic rings. The van der Waals surface area contributed by atoms with Crippen LogP contribution in [-0.2, 0) is 19.8 Å². The van der Waals surface area contributed by atoms with Crippen molar-refractivity contribution in [2.45, 2.75) is 46.1 Å². The van der Waals surface area contributed by atoms with Crippen LogP contribution >= 0.6 is 7.60 Å². The van der Waals surface area contributed by atoms with Crippen LogP contribution in [0.2, 0.25) is 0 Å². The fourth-order valence-corrected chi connectivity index (χ4v) is 4.07. The van der Waals surface area contributed by atoms with Gasteiger partial charge in [-0.25, -0.2) is 0 Å². The van der Waals surface area contributed by atoms with Crippen LogP contribution in [0.1, 0.15) is 33.3 Å². The monoisotopic (exact) mass is 316 g/mol. The quantitative estimate of drug-likeness (QED) is 0.671. The summed E-state index contributed by atoms with van der Waals surface area (Å²) in [6, 6.07) is 5.41. The smallest absolute Gasteiger partial charge is 0.335 e. The summed E-state index contributed by atoms with van der Waals surface area (Å²) in [5.74, 6) is 1.22. The van der Waals surface area contributed by atoms with E-state index in [0.29, 0.717) is 11.5 Å². The summed E-state index contributed by atoms with van der Waals surface area (Å²) >= 11 is 0. The van der Waals surface area contributed by atoms with Crippen molar-refractivity contribution in [3.8, 4) is 11.5 Å². The molecule has 21 heavy (non-hydrogen) atoms. The maximum absolute atomic E-state index is 12.8. The van der Waals surface area contributed by atoms with Gasteiger partial charge in [-0.15, -0.1) is 0 Å². The van der Waals surface area contributed by atoms with Crippen molar-refractivity contribution in [1.82, 2.24) is 0 Å². The van der Waals surface area contributed by atoms with Crippen LogP contribution in [0, 0.1) is 0 Å². The van der Waals surface area contributed by atoms with Crippen molar-refractivity contribution in [2.24, 2.45) is 0 Å². The Morgan fingerprint density at radius 2 is 1.48 bits per heavy atom. The van der Waals surface area contributed by atoms with Crippen LogP contribution in [-0.4, -0.2) is 26.4 Å². The highest BCUT2D eigenvalue weighted by Crippen LogP contribution is 2.53. The molecule has 0 bridgehead atoms. The number of benzene rings is 1. The van der Waals surface area contributed by atoms with Gasteiger partial charge in [-0.3, -0.25) is 4.57 Å². The normalized spacial score (nSPS) is 12.0. The van der Waals surface area contributed by atoms with E-state index in [4.69, 9.17) is 18.5 Å². The highest BCUT2D eigenvalue weighted by atomic mass is 31.2. The Kier molecular flexibility index (Phi) is 6.72. The van der Waals surface area contributed by atoms with Crippen LogP contribution in [0.25, 0.3) is 0 Å². The van der Waals surface area contributed by atoms with E-state index in [1.54, 1.807) is 26.4 Å². The van der Waals surface area contributed by atoms with Gasteiger partial charge < -0.3 is 18.5 Å². The molecule has 0 saturated carbocycles. The standard InChI is InChI=1S/C15H25O5P/c1-11(2)19-21(16,20-12(3)4)10-13-7-8-14(17-5)15(9-13)18-6/h7-9,11-12H,10H2,1-6H3. The molecule has 6 heteroatoms. The van der Waals surface area contributed by atoms with Gasteiger partial charge in [-0.05, 0) is 45.4 Å². The second-order valence-electron chi connectivity index (χ2n) is 5.27. The van der Waals surface area contributed by atoms with Gasteiger partial charge in [0, 0.05) is 0 Å². The van der Waals surface area contributed by atoms with E-state index < -0.39 is 7.60 Å². The molecular weight excluding hydrogens is 291 g/mol. The maximum atomic E-state index is 12.8. The Morgan fingerprint density at radius 1 is 0.952 bits per heavy atom. The first kappa shape index (κ1) is 18.0. The Morgan fingerprint density at radius 3 is 1.90 bits per heavy atom. The summed E-state index contributed by atoms with van der Waals surface area (Å²) in [4.78, 5) is 0. The number of hydrogen-bond acceptors (Lipinski definition) is 5. The molecule has 0 fully saturated rings. The molecule has 0 heterocycles. The van der Waals surface area contributed by atoms with Crippen molar-refractivity contribution in [2.75, 3.05) is 14.2 Å². The zero-order valence-electron chi connectivity index (χ0n) is 13.6. The lowest BCUT2D eigenvalue weighted by atomic mass is 10.2. The highest BCUT2D eigenvalue weighted by molar-refractivity contribution is 7.53. The third kappa shape index (κ3) is 5.70. The van der Waals surface area contributed by atoms with Gasteiger partial charge in [-0.2, -0.15) is 0 Å². The van der Waals surface area contributed by atoms with Crippen molar-refractivity contribution < 1.29 is 23.1 Å². The van der Waals surface area contributed by atoms with Crippen molar-refractivity contribution in [3.63, 3.8) is 0 Å². The first-order valence-corrected chi connectivity index (χ1v) is 8.69. The van der Waals surface area contributed by atoms with Gasteiger partial charge in [0.2, 0.25) is 0 Å². The fourth-order valence-electron chi connectivity index (χ4n) is 1.94. The number of methoxy groups -OCH3 is 2. The zero-order valence-corrected chi connectivity index (χ0v) is 14.5. The Balaban J connectivity index is 3.00. The van der Waals surface area contributed by atoms with E-state index in [-0.39, 0.29) is 18.4 Å². The van der Waals surface area contributed by atoms with E-state index in [2.05, 4.69) is 0 Å². The molecule has 120 valence electrons. The highest BCUT2D eigenvalue weighted by Gasteiger charge is 2.28. The molecule has 0 saturated heterocycles. The zero-order chi connectivity index (χ0) is 16.0. The Hall–Kier alpha value is -1.03. The van der Waals surface area contributed by atoms with E-state index >= 15 is 0 Å². The molecule has 0 aliphatic heterocycles. The predicted octanol–water partition coefficient (Wildman–Crippen LogP) is 4.25. The molecule has 0 N–H and O–H groups in total. The van der Waals surface area contributed by atoms with Crippen LogP contribution in [0.4, 0.5) is 0 Å². The number of rotatable bonds is 8. The summed E-state index contributed by atoms with van der Waals surface area (Å²) < 4.78 is 34.4. The maximum Gasteiger partial charge on any atom is 0.335 e. The number of ether oxygens (including phenoxy) is 2. The van der Waals surface area contributed by atoms with Gasteiger partial charge in [0.1, 0.15) is 0 Å². The average Bonchev–Trinajstić information content (AvgIpc) is 2.35. The molecule has 0 atom stereocenters. The molecule has 0 spiro atoms. The van der Waals surface area contributed by atoms with E-state index in [0.717, 1.165) is 5.56 Å².